The van der Waals surface area contributed by atoms with Crippen LogP contribution in [0.3, 0.4) is 0 Å². The second-order valence-electron chi connectivity index (χ2n) is 9.91. The fourth-order valence-corrected chi connectivity index (χ4v) is 5.03. The van der Waals surface area contributed by atoms with Crippen molar-refractivity contribution in [3.63, 3.8) is 0 Å². The van der Waals surface area contributed by atoms with Gasteiger partial charge in [-0.05, 0) is 29.6 Å². The zero-order chi connectivity index (χ0) is 18.9. The Balaban J connectivity index is 4.71. The summed E-state index contributed by atoms with van der Waals surface area (Å²) < 4.78 is 5.79. The maximum absolute atomic E-state index is 12.8. The minimum Gasteiger partial charge on any atom is -0.519 e. The average Bonchev–Trinajstić information content (AvgIpc) is 2.31. The number of hydrogen-bond acceptors (Lipinski definition) is 3. The van der Waals surface area contributed by atoms with Gasteiger partial charge < -0.3 is 9.22 Å². The topological polar surface area (TPSA) is 43.4 Å². The minimum atomic E-state index is -2.06. The molecular formula is C18H38O3Si2. The molecule has 0 aromatic carbocycles. The van der Waals surface area contributed by atoms with Crippen LogP contribution in [0.4, 0.5) is 0 Å². The van der Waals surface area contributed by atoms with E-state index >= 15 is 0 Å². The van der Waals surface area contributed by atoms with Gasteiger partial charge in [-0.15, -0.1) is 0 Å². The maximum atomic E-state index is 12.8. The van der Waals surface area contributed by atoms with Crippen LogP contribution in [0.15, 0.2) is 0 Å². The molecule has 0 saturated carbocycles. The predicted molar refractivity (Wildman–Crippen MR) is 104 cm³/mol. The third-order valence-corrected chi connectivity index (χ3v) is 15.7. The summed E-state index contributed by atoms with van der Waals surface area (Å²) in [5.74, 6) is -0.214. The van der Waals surface area contributed by atoms with E-state index in [2.05, 4.69) is 67.7 Å². The summed E-state index contributed by atoms with van der Waals surface area (Å²) in [4.78, 5) is 25.0. The van der Waals surface area contributed by atoms with E-state index in [0.29, 0.717) is 18.2 Å². The Morgan fingerprint density at radius 1 is 0.913 bits per heavy atom. The molecule has 0 radical (unpaired) electrons. The van der Waals surface area contributed by atoms with Crippen LogP contribution in [-0.2, 0) is 14.0 Å². The van der Waals surface area contributed by atoms with Crippen LogP contribution in [0.1, 0.15) is 61.3 Å². The van der Waals surface area contributed by atoms with E-state index in [4.69, 9.17) is 4.43 Å². The van der Waals surface area contributed by atoms with E-state index in [9.17, 15) is 9.59 Å². The molecule has 0 bridgehead atoms. The van der Waals surface area contributed by atoms with Crippen LogP contribution >= 0.6 is 0 Å². The number of carbonyl (C=O) groups excluding carboxylic acids is 2. The first kappa shape index (κ1) is 22.6. The largest absolute Gasteiger partial charge is 0.519 e. The Labute approximate surface area is 145 Å². The highest BCUT2D eigenvalue weighted by molar-refractivity contribution is 7.06. The van der Waals surface area contributed by atoms with Crippen molar-refractivity contribution in [2.24, 2.45) is 5.92 Å². The van der Waals surface area contributed by atoms with Crippen molar-refractivity contribution in [2.45, 2.75) is 97.6 Å². The van der Waals surface area contributed by atoms with Crippen LogP contribution in [0.25, 0.3) is 0 Å². The first-order valence-electron chi connectivity index (χ1n) is 8.69. The summed E-state index contributed by atoms with van der Waals surface area (Å²) in [5, 5.41) is 0.427. The third-order valence-electron chi connectivity index (χ3n) is 5.90. The first-order chi connectivity index (χ1) is 9.93. The van der Waals surface area contributed by atoms with Crippen LogP contribution in [-0.4, -0.2) is 27.8 Å². The Morgan fingerprint density at radius 3 is 1.70 bits per heavy atom. The van der Waals surface area contributed by atoms with Gasteiger partial charge in [0.25, 0.3) is 14.3 Å². The number of hydrogen-bond donors (Lipinski definition) is 0. The van der Waals surface area contributed by atoms with E-state index in [1.807, 2.05) is 6.92 Å². The molecule has 136 valence electrons. The van der Waals surface area contributed by atoms with Gasteiger partial charge in [0, 0.05) is 12.3 Å². The molecule has 1 atom stereocenters. The maximum Gasteiger partial charge on any atom is 0.292 e. The molecule has 0 fully saturated rings. The monoisotopic (exact) mass is 358 g/mol. The van der Waals surface area contributed by atoms with E-state index in [1.165, 1.54) is 0 Å². The summed E-state index contributed by atoms with van der Waals surface area (Å²) in [6.45, 7) is 23.2. The second kappa shape index (κ2) is 7.22. The summed E-state index contributed by atoms with van der Waals surface area (Å²) in [7, 11) is -4.06. The highest BCUT2D eigenvalue weighted by Crippen LogP contribution is 2.39. The van der Waals surface area contributed by atoms with Gasteiger partial charge in [0.05, 0.1) is 0 Å². The molecule has 0 aromatic rings. The number of carbonyl (C=O) groups is 2. The molecule has 0 aliphatic carbocycles. The zero-order valence-electron chi connectivity index (χ0n) is 17.2. The summed E-state index contributed by atoms with van der Waals surface area (Å²) in [5.41, 5.74) is 0. The molecule has 1 unspecified atom stereocenters. The molecule has 0 heterocycles. The van der Waals surface area contributed by atoms with Crippen molar-refractivity contribution < 1.29 is 14.0 Å². The van der Waals surface area contributed by atoms with Crippen molar-refractivity contribution in [3.8, 4) is 0 Å². The van der Waals surface area contributed by atoms with Crippen LogP contribution in [0, 0.1) is 5.92 Å². The van der Waals surface area contributed by atoms with Crippen molar-refractivity contribution in [1.29, 1.82) is 0 Å². The summed E-state index contributed by atoms with van der Waals surface area (Å²) in [6, 6.07) is 0. The molecule has 23 heavy (non-hydrogen) atoms. The first-order valence-corrected chi connectivity index (χ1v) is 14.6. The molecule has 0 rings (SSSR count). The van der Waals surface area contributed by atoms with Gasteiger partial charge in [-0.3, -0.25) is 4.79 Å². The molecule has 0 aliphatic heterocycles. The molecule has 3 nitrogen and oxygen atoms in total. The standard InChI is InChI=1S/C18H38O3Si2/c1-14(16(20)22(8,9)17(2,3)4)12-13-15(19)21-23(10,11)18(5,6)7/h14H,12-13H2,1-11H3. The van der Waals surface area contributed by atoms with Gasteiger partial charge in [-0.1, -0.05) is 61.6 Å². The van der Waals surface area contributed by atoms with E-state index in [0.717, 1.165) is 0 Å². The Hall–Kier alpha value is -0.426. The van der Waals surface area contributed by atoms with Crippen molar-refractivity contribution in [1.82, 2.24) is 0 Å². The lowest BCUT2D eigenvalue weighted by Gasteiger charge is -2.37. The van der Waals surface area contributed by atoms with Gasteiger partial charge in [0.1, 0.15) is 13.5 Å². The van der Waals surface area contributed by atoms with Crippen molar-refractivity contribution in [2.75, 3.05) is 0 Å². The fourth-order valence-electron chi connectivity index (χ4n) is 1.94. The van der Waals surface area contributed by atoms with Crippen LogP contribution in [0.5, 0.6) is 0 Å². The molecule has 0 saturated heterocycles. The Kier molecular flexibility index (Phi) is 7.08. The second-order valence-corrected chi connectivity index (χ2v) is 19.9. The lowest BCUT2D eigenvalue weighted by Crippen LogP contribution is -2.49. The molecule has 0 spiro atoms. The molecule has 0 amide bonds. The summed E-state index contributed by atoms with van der Waals surface area (Å²) in [6.07, 6.45) is 0.937. The van der Waals surface area contributed by atoms with E-state index < -0.39 is 16.4 Å². The Bertz CT molecular complexity index is 440. The quantitative estimate of drug-likeness (QED) is 0.583. The SMILES string of the molecule is CC(CCC(=O)O[Si](C)(C)C(C)(C)C)C(=O)[Si](C)(C)C(C)(C)C. The molecule has 0 aromatic heterocycles. The fraction of sp³-hybridized carbons (Fsp3) is 0.889. The zero-order valence-corrected chi connectivity index (χ0v) is 19.2. The van der Waals surface area contributed by atoms with Crippen LogP contribution < -0.4 is 0 Å². The Morgan fingerprint density at radius 2 is 1.35 bits per heavy atom. The normalized spacial score (nSPS) is 15.3. The van der Waals surface area contributed by atoms with Gasteiger partial charge in [0.2, 0.25) is 0 Å². The van der Waals surface area contributed by atoms with E-state index in [1.54, 1.807) is 0 Å². The van der Waals surface area contributed by atoms with Gasteiger partial charge >= 0.3 is 0 Å². The highest BCUT2D eigenvalue weighted by atomic mass is 28.4. The van der Waals surface area contributed by atoms with Gasteiger partial charge in [-0.25, -0.2) is 0 Å². The molecule has 0 aliphatic rings. The summed E-state index contributed by atoms with van der Waals surface area (Å²) >= 11 is 0. The lowest BCUT2D eigenvalue weighted by molar-refractivity contribution is -0.135. The lowest BCUT2D eigenvalue weighted by atomic mass is 10.1. The molecular weight excluding hydrogens is 320 g/mol. The minimum absolute atomic E-state index is 0.0191. The predicted octanol–water partition coefficient (Wildman–Crippen LogP) is 5.57. The molecule has 0 N–H and O–H groups in total. The average molecular weight is 359 g/mol. The number of rotatable bonds is 6. The van der Waals surface area contributed by atoms with Gasteiger partial charge in [0.15, 0.2) is 0 Å². The van der Waals surface area contributed by atoms with E-state index in [-0.39, 0.29) is 22.0 Å². The smallest absolute Gasteiger partial charge is 0.292 e. The highest BCUT2D eigenvalue weighted by Gasteiger charge is 2.44. The molecule has 5 heteroatoms. The van der Waals surface area contributed by atoms with Gasteiger partial charge in [-0.2, -0.15) is 0 Å². The van der Waals surface area contributed by atoms with Crippen LogP contribution in [0.2, 0.25) is 36.3 Å². The third kappa shape index (κ3) is 5.85. The van der Waals surface area contributed by atoms with Crippen molar-refractivity contribution >= 4 is 27.8 Å². The van der Waals surface area contributed by atoms with Crippen molar-refractivity contribution in [3.05, 3.63) is 0 Å².